The number of nitrogens with one attached hydrogen (secondary N) is 1. The number of benzene rings is 2. The first-order valence-electron chi connectivity index (χ1n) is 11.1. The summed E-state index contributed by atoms with van der Waals surface area (Å²) in [5.41, 5.74) is 4.71. The van der Waals surface area contributed by atoms with Gasteiger partial charge >= 0.3 is 0 Å². The second-order valence-corrected chi connectivity index (χ2v) is 9.44. The molecule has 0 saturated carbocycles. The monoisotopic (exact) mass is 510 g/mol. The molecular formula is C26H27ClN4O3S. The summed E-state index contributed by atoms with van der Waals surface area (Å²) < 4.78 is 12.8. The summed E-state index contributed by atoms with van der Waals surface area (Å²) in [7, 11) is 3.25. The van der Waals surface area contributed by atoms with E-state index in [9.17, 15) is 4.79 Å². The van der Waals surface area contributed by atoms with Gasteiger partial charge in [0.05, 0.1) is 25.5 Å². The molecule has 2 heterocycles. The molecule has 0 radical (unpaired) electrons. The molecule has 0 aliphatic rings. The normalized spacial score (nSPS) is 11.0. The van der Waals surface area contributed by atoms with E-state index in [-0.39, 0.29) is 11.5 Å². The van der Waals surface area contributed by atoms with Crippen molar-refractivity contribution in [3.8, 4) is 22.9 Å². The van der Waals surface area contributed by atoms with Crippen LogP contribution >= 0.6 is 23.4 Å². The molecule has 7 nitrogen and oxygen atoms in total. The molecule has 1 N–H and O–H groups in total. The molecule has 0 saturated heterocycles. The van der Waals surface area contributed by atoms with Gasteiger partial charge < -0.3 is 14.0 Å². The van der Waals surface area contributed by atoms with Gasteiger partial charge in [-0.1, -0.05) is 35.5 Å². The Morgan fingerprint density at radius 2 is 1.86 bits per heavy atom. The Labute approximate surface area is 213 Å². The fourth-order valence-electron chi connectivity index (χ4n) is 3.97. The van der Waals surface area contributed by atoms with E-state index in [4.69, 9.17) is 21.1 Å². The number of aryl methyl sites for hydroxylation is 2. The largest absolute Gasteiger partial charge is 0.497 e. The van der Waals surface area contributed by atoms with Gasteiger partial charge in [-0.2, -0.15) is 0 Å². The zero-order valence-corrected chi connectivity index (χ0v) is 21.7. The third kappa shape index (κ3) is 5.71. The number of hydrogen-bond donors (Lipinski definition) is 1. The number of rotatable bonds is 10. The van der Waals surface area contributed by atoms with Crippen LogP contribution in [-0.4, -0.2) is 45.5 Å². The lowest BCUT2D eigenvalue weighted by Crippen LogP contribution is -2.08. The fraction of sp³-hybridized carbons (Fsp3) is 0.269. The van der Waals surface area contributed by atoms with Crippen LogP contribution in [0.25, 0.3) is 11.4 Å². The number of carbonyl (C=O) groups is 1. The summed E-state index contributed by atoms with van der Waals surface area (Å²) >= 11 is 7.42. The van der Waals surface area contributed by atoms with Crippen LogP contribution in [0, 0.1) is 13.8 Å². The highest BCUT2D eigenvalue weighted by atomic mass is 35.5. The number of methoxy groups -OCH3 is 2. The number of Topliss-reactive ketones (excluding diaryl/α,β-unsaturated/α-hetero) is 1. The number of nitrogens with zero attached hydrogens (tertiary/aromatic N) is 3. The molecule has 0 aliphatic heterocycles. The first kappa shape index (κ1) is 24.9. The van der Waals surface area contributed by atoms with E-state index in [2.05, 4.69) is 31.9 Å². The molecule has 2 aromatic heterocycles. The van der Waals surface area contributed by atoms with Gasteiger partial charge in [0.15, 0.2) is 11.6 Å². The number of halogens is 1. The van der Waals surface area contributed by atoms with Gasteiger partial charge in [0.2, 0.25) is 5.16 Å². The lowest BCUT2D eigenvalue weighted by atomic mass is 10.1. The van der Waals surface area contributed by atoms with Gasteiger partial charge in [-0.05, 0) is 62.2 Å². The Morgan fingerprint density at radius 3 is 2.57 bits per heavy atom. The number of hydrogen-bond acceptors (Lipinski definition) is 6. The number of thioether (sulfide) groups is 1. The lowest BCUT2D eigenvalue weighted by molar-refractivity contribution is 0.102. The number of aromatic nitrogens is 4. The highest BCUT2D eigenvalue weighted by molar-refractivity contribution is 7.99. The Bertz CT molecular complexity index is 1330. The van der Waals surface area contributed by atoms with Gasteiger partial charge in [0.25, 0.3) is 0 Å². The van der Waals surface area contributed by atoms with E-state index in [1.54, 1.807) is 32.4 Å². The SMILES string of the molecule is COc1ccc(CCn2c(C)cc(C(=O)CSc3n[nH]c(-c4cc(Cl)ccc4OC)n3)c2C)cc1. The van der Waals surface area contributed by atoms with E-state index in [1.807, 2.05) is 32.0 Å². The topological polar surface area (TPSA) is 82.0 Å². The summed E-state index contributed by atoms with van der Waals surface area (Å²) in [5.74, 6) is 2.31. The number of ketones is 1. The number of aromatic amines is 1. The standard InChI is InChI=1S/C26H27ClN4O3S/c1-16-13-21(17(2)31(16)12-11-18-5-8-20(33-3)9-6-18)23(32)15-35-26-28-25(29-30-26)22-14-19(27)7-10-24(22)34-4/h5-10,13-14H,11-12,15H2,1-4H3,(H,28,29,30). The molecule has 4 rings (SSSR count). The van der Waals surface area contributed by atoms with Crippen molar-refractivity contribution in [3.05, 3.63) is 76.1 Å². The highest BCUT2D eigenvalue weighted by Gasteiger charge is 2.18. The van der Waals surface area contributed by atoms with E-state index in [0.29, 0.717) is 27.3 Å². The summed E-state index contributed by atoms with van der Waals surface area (Å²) in [6.45, 7) is 4.83. The van der Waals surface area contributed by atoms with E-state index in [1.165, 1.54) is 17.3 Å². The van der Waals surface area contributed by atoms with Crippen LogP contribution in [0.1, 0.15) is 27.3 Å². The molecule has 0 aliphatic carbocycles. The summed E-state index contributed by atoms with van der Waals surface area (Å²) in [5, 5.41) is 8.22. The summed E-state index contributed by atoms with van der Waals surface area (Å²) in [6, 6.07) is 15.3. The summed E-state index contributed by atoms with van der Waals surface area (Å²) in [6.07, 6.45) is 0.871. The lowest BCUT2D eigenvalue weighted by Gasteiger charge is -2.10. The minimum atomic E-state index is 0.0467. The van der Waals surface area contributed by atoms with Crippen LogP contribution in [0.3, 0.4) is 0 Å². The number of H-pyrrole nitrogens is 1. The molecule has 0 unspecified atom stereocenters. The van der Waals surface area contributed by atoms with Crippen LogP contribution < -0.4 is 9.47 Å². The van der Waals surface area contributed by atoms with Crippen molar-refractivity contribution in [2.24, 2.45) is 0 Å². The van der Waals surface area contributed by atoms with Gasteiger partial charge in [-0.15, -0.1) is 5.10 Å². The Kier molecular flexibility index (Phi) is 7.83. The minimum absolute atomic E-state index is 0.0467. The van der Waals surface area contributed by atoms with E-state index in [0.717, 1.165) is 35.7 Å². The zero-order valence-electron chi connectivity index (χ0n) is 20.1. The van der Waals surface area contributed by atoms with Crippen LogP contribution in [-0.2, 0) is 13.0 Å². The van der Waals surface area contributed by atoms with Crippen molar-refractivity contribution in [1.82, 2.24) is 19.7 Å². The molecule has 182 valence electrons. The predicted octanol–water partition coefficient (Wildman–Crippen LogP) is 5.78. The van der Waals surface area contributed by atoms with Crippen molar-refractivity contribution in [3.63, 3.8) is 0 Å². The molecule has 4 aromatic rings. The molecule has 9 heteroatoms. The van der Waals surface area contributed by atoms with Gasteiger partial charge in [0.1, 0.15) is 11.5 Å². The van der Waals surface area contributed by atoms with Crippen molar-refractivity contribution >= 4 is 29.1 Å². The van der Waals surface area contributed by atoms with Gasteiger partial charge in [-0.3, -0.25) is 9.89 Å². The Balaban J connectivity index is 1.40. The molecule has 0 atom stereocenters. The average molecular weight is 511 g/mol. The second kappa shape index (κ2) is 11.0. The van der Waals surface area contributed by atoms with Crippen molar-refractivity contribution in [1.29, 1.82) is 0 Å². The quantitative estimate of drug-likeness (QED) is 0.215. The molecule has 0 amide bonds. The van der Waals surface area contributed by atoms with Crippen molar-refractivity contribution < 1.29 is 14.3 Å². The first-order chi connectivity index (χ1) is 16.9. The third-order valence-corrected chi connectivity index (χ3v) is 6.95. The molecular weight excluding hydrogens is 484 g/mol. The smallest absolute Gasteiger partial charge is 0.209 e. The van der Waals surface area contributed by atoms with Crippen molar-refractivity contribution in [2.75, 3.05) is 20.0 Å². The molecule has 0 bridgehead atoms. The van der Waals surface area contributed by atoms with Gasteiger partial charge in [0, 0.05) is 28.5 Å². The molecule has 0 fully saturated rings. The minimum Gasteiger partial charge on any atom is -0.497 e. The molecule has 0 spiro atoms. The fourth-order valence-corrected chi connectivity index (χ4v) is 4.82. The second-order valence-electron chi connectivity index (χ2n) is 8.06. The maximum atomic E-state index is 13.0. The number of ether oxygens (including phenoxy) is 2. The van der Waals surface area contributed by atoms with Gasteiger partial charge in [-0.25, -0.2) is 4.98 Å². The van der Waals surface area contributed by atoms with Crippen LogP contribution in [0.15, 0.2) is 53.7 Å². The van der Waals surface area contributed by atoms with Crippen LogP contribution in [0.5, 0.6) is 11.5 Å². The molecule has 35 heavy (non-hydrogen) atoms. The average Bonchev–Trinajstić information content (AvgIpc) is 3.45. The first-order valence-corrected chi connectivity index (χ1v) is 12.5. The Morgan fingerprint density at radius 1 is 1.09 bits per heavy atom. The van der Waals surface area contributed by atoms with Crippen LogP contribution in [0.2, 0.25) is 5.02 Å². The van der Waals surface area contributed by atoms with Crippen molar-refractivity contribution in [2.45, 2.75) is 32.0 Å². The predicted molar refractivity (Wildman–Crippen MR) is 139 cm³/mol. The Hall–Kier alpha value is -3.23. The zero-order chi connectivity index (χ0) is 24.9. The van der Waals surface area contributed by atoms with E-state index >= 15 is 0 Å². The number of carbonyl (C=O) groups excluding carboxylic acids is 1. The highest BCUT2D eigenvalue weighted by Crippen LogP contribution is 2.31. The molecule has 2 aromatic carbocycles. The maximum absolute atomic E-state index is 13.0. The van der Waals surface area contributed by atoms with E-state index < -0.39 is 0 Å². The third-order valence-electron chi connectivity index (χ3n) is 5.87. The summed E-state index contributed by atoms with van der Waals surface area (Å²) in [4.78, 5) is 17.5. The van der Waals surface area contributed by atoms with Crippen LogP contribution in [0.4, 0.5) is 0 Å². The maximum Gasteiger partial charge on any atom is 0.209 e.